The zero-order valence-electron chi connectivity index (χ0n) is 27.2. The average Bonchev–Trinajstić information content (AvgIpc) is 3.00. The molecular formula is C34H65NO8. The molecule has 6 N–H and O–H groups in total. The van der Waals surface area contributed by atoms with Crippen LogP contribution >= 0.6 is 0 Å². The normalized spacial score (nSPS) is 23.9. The third kappa shape index (κ3) is 18.5. The summed E-state index contributed by atoms with van der Waals surface area (Å²) < 4.78 is 11.0. The van der Waals surface area contributed by atoms with Crippen molar-refractivity contribution >= 4 is 5.91 Å². The molecule has 0 aromatic rings. The molecule has 1 amide bonds. The number of hydrogen-bond donors (Lipinski definition) is 6. The Morgan fingerprint density at radius 1 is 0.767 bits per heavy atom. The van der Waals surface area contributed by atoms with Crippen LogP contribution in [0.4, 0.5) is 0 Å². The molecule has 1 aliphatic rings. The first kappa shape index (κ1) is 40.0. The van der Waals surface area contributed by atoms with E-state index in [1.807, 2.05) is 6.08 Å². The SMILES string of the molecule is CCCCCCCCCCCCCCCCC/C=C/C(O)C(COC1OC(CO)C(O)C(O)C1O)NC(=O)CCCCC. The molecule has 0 spiro atoms. The van der Waals surface area contributed by atoms with Gasteiger partial charge in [-0.2, -0.15) is 0 Å². The summed E-state index contributed by atoms with van der Waals surface area (Å²) in [7, 11) is 0. The van der Waals surface area contributed by atoms with Gasteiger partial charge in [0, 0.05) is 6.42 Å². The van der Waals surface area contributed by atoms with Crippen LogP contribution in [0.15, 0.2) is 12.2 Å². The molecule has 0 aromatic carbocycles. The Bertz CT molecular complexity index is 691. The molecule has 0 aromatic heterocycles. The topological polar surface area (TPSA) is 149 Å². The highest BCUT2D eigenvalue weighted by molar-refractivity contribution is 5.76. The van der Waals surface area contributed by atoms with Crippen LogP contribution in [0.2, 0.25) is 0 Å². The number of ether oxygens (including phenoxy) is 2. The summed E-state index contributed by atoms with van der Waals surface area (Å²) in [5, 5.41) is 53.3. The van der Waals surface area contributed by atoms with Gasteiger partial charge in [-0.25, -0.2) is 0 Å². The van der Waals surface area contributed by atoms with Gasteiger partial charge in [0.25, 0.3) is 0 Å². The molecule has 1 fully saturated rings. The second-order valence-corrected chi connectivity index (χ2v) is 12.3. The van der Waals surface area contributed by atoms with Crippen LogP contribution in [0.25, 0.3) is 0 Å². The molecule has 1 saturated heterocycles. The Morgan fingerprint density at radius 2 is 1.28 bits per heavy atom. The second-order valence-electron chi connectivity index (χ2n) is 12.3. The van der Waals surface area contributed by atoms with E-state index in [2.05, 4.69) is 19.2 Å². The number of nitrogens with one attached hydrogen (secondary N) is 1. The van der Waals surface area contributed by atoms with Crippen LogP contribution in [0.3, 0.4) is 0 Å². The summed E-state index contributed by atoms with van der Waals surface area (Å²) in [4.78, 5) is 12.5. The Labute approximate surface area is 261 Å². The Balaban J connectivity index is 2.33. The van der Waals surface area contributed by atoms with Crippen LogP contribution in [-0.4, -0.2) is 87.5 Å². The van der Waals surface area contributed by atoms with Gasteiger partial charge in [0.1, 0.15) is 24.4 Å². The van der Waals surface area contributed by atoms with E-state index < -0.39 is 49.5 Å². The highest BCUT2D eigenvalue weighted by Gasteiger charge is 2.44. The van der Waals surface area contributed by atoms with Crippen molar-refractivity contribution in [3.05, 3.63) is 12.2 Å². The predicted molar refractivity (Wildman–Crippen MR) is 170 cm³/mol. The van der Waals surface area contributed by atoms with Crippen LogP contribution in [0.5, 0.6) is 0 Å². The number of carbonyl (C=O) groups excluding carboxylic acids is 1. The van der Waals surface area contributed by atoms with Crippen molar-refractivity contribution in [3.8, 4) is 0 Å². The van der Waals surface area contributed by atoms with Crippen molar-refractivity contribution < 1.29 is 39.8 Å². The van der Waals surface area contributed by atoms with Crippen molar-refractivity contribution in [2.45, 2.75) is 185 Å². The molecule has 1 aliphatic heterocycles. The average molecular weight is 616 g/mol. The first-order valence-corrected chi connectivity index (χ1v) is 17.4. The highest BCUT2D eigenvalue weighted by Crippen LogP contribution is 2.22. The monoisotopic (exact) mass is 615 g/mol. The summed E-state index contributed by atoms with van der Waals surface area (Å²) in [6, 6.07) is -0.793. The van der Waals surface area contributed by atoms with Crippen molar-refractivity contribution in [2.75, 3.05) is 13.2 Å². The lowest BCUT2D eigenvalue weighted by Gasteiger charge is -2.40. The smallest absolute Gasteiger partial charge is 0.220 e. The van der Waals surface area contributed by atoms with E-state index in [0.717, 1.165) is 38.5 Å². The third-order valence-electron chi connectivity index (χ3n) is 8.36. The van der Waals surface area contributed by atoms with Gasteiger partial charge >= 0.3 is 0 Å². The van der Waals surface area contributed by atoms with Gasteiger partial charge in [0.05, 0.1) is 25.4 Å². The van der Waals surface area contributed by atoms with Crippen molar-refractivity contribution in [2.24, 2.45) is 0 Å². The quantitative estimate of drug-likeness (QED) is 0.0556. The first-order valence-electron chi connectivity index (χ1n) is 17.4. The Hall–Kier alpha value is -1.07. The van der Waals surface area contributed by atoms with Gasteiger partial charge in [-0.1, -0.05) is 129 Å². The van der Waals surface area contributed by atoms with Gasteiger partial charge in [-0.15, -0.1) is 0 Å². The zero-order valence-corrected chi connectivity index (χ0v) is 27.2. The molecule has 43 heavy (non-hydrogen) atoms. The number of aliphatic hydroxyl groups excluding tert-OH is 5. The van der Waals surface area contributed by atoms with E-state index in [1.165, 1.54) is 83.5 Å². The largest absolute Gasteiger partial charge is 0.394 e. The van der Waals surface area contributed by atoms with E-state index in [1.54, 1.807) is 6.08 Å². The van der Waals surface area contributed by atoms with E-state index in [-0.39, 0.29) is 12.5 Å². The van der Waals surface area contributed by atoms with Crippen molar-refractivity contribution in [1.82, 2.24) is 5.32 Å². The maximum atomic E-state index is 12.5. The van der Waals surface area contributed by atoms with E-state index in [0.29, 0.717) is 6.42 Å². The molecule has 9 nitrogen and oxygen atoms in total. The summed E-state index contributed by atoms with van der Waals surface area (Å²) in [5.74, 6) is -0.203. The molecule has 7 atom stereocenters. The molecule has 7 unspecified atom stereocenters. The molecule has 1 heterocycles. The fourth-order valence-electron chi connectivity index (χ4n) is 5.45. The van der Waals surface area contributed by atoms with Crippen LogP contribution in [0, 0.1) is 0 Å². The Kier molecular flexibility index (Phi) is 24.3. The summed E-state index contributed by atoms with van der Waals surface area (Å²) in [6.45, 7) is 3.57. The maximum Gasteiger partial charge on any atom is 0.220 e. The van der Waals surface area contributed by atoms with Crippen LogP contribution in [-0.2, 0) is 14.3 Å². The molecular weight excluding hydrogens is 550 g/mol. The predicted octanol–water partition coefficient (Wildman–Crippen LogP) is 5.05. The maximum absolute atomic E-state index is 12.5. The van der Waals surface area contributed by atoms with Gasteiger partial charge < -0.3 is 40.3 Å². The minimum atomic E-state index is -1.56. The molecule has 1 rings (SSSR count). The lowest BCUT2D eigenvalue weighted by molar-refractivity contribution is -0.302. The highest BCUT2D eigenvalue weighted by atomic mass is 16.7. The Morgan fingerprint density at radius 3 is 1.81 bits per heavy atom. The van der Waals surface area contributed by atoms with Crippen LogP contribution < -0.4 is 5.32 Å². The van der Waals surface area contributed by atoms with E-state index >= 15 is 0 Å². The van der Waals surface area contributed by atoms with Gasteiger partial charge in [0.15, 0.2) is 6.29 Å². The van der Waals surface area contributed by atoms with Gasteiger partial charge in [-0.3, -0.25) is 4.79 Å². The standard InChI is InChI=1S/C34H65NO8/c1-3-5-7-8-9-10-11-12-13-14-15-16-17-18-19-20-22-23-28(37)27(35-30(38)24-21-6-4-2)26-42-34-33(41)32(40)31(39)29(25-36)43-34/h22-23,27-29,31-34,36-37,39-41H,3-21,24-26H2,1-2H3,(H,35,38)/b23-22+. The molecule has 254 valence electrons. The number of allylic oxidation sites excluding steroid dienone is 1. The summed E-state index contributed by atoms with van der Waals surface area (Å²) in [5.41, 5.74) is 0. The minimum Gasteiger partial charge on any atom is -0.394 e. The number of carbonyl (C=O) groups is 1. The fourth-order valence-corrected chi connectivity index (χ4v) is 5.45. The summed E-state index contributed by atoms with van der Waals surface area (Å²) in [6.07, 6.45) is 19.1. The zero-order chi connectivity index (χ0) is 31.7. The fraction of sp³-hybridized carbons (Fsp3) is 0.912. The molecule has 0 aliphatic carbocycles. The van der Waals surface area contributed by atoms with E-state index in [9.17, 15) is 30.3 Å². The third-order valence-corrected chi connectivity index (χ3v) is 8.36. The number of unbranched alkanes of at least 4 members (excludes halogenated alkanes) is 17. The molecule has 0 bridgehead atoms. The van der Waals surface area contributed by atoms with Crippen molar-refractivity contribution in [3.63, 3.8) is 0 Å². The number of amides is 1. The lowest BCUT2D eigenvalue weighted by atomic mass is 9.99. The number of aliphatic hydroxyl groups is 5. The first-order chi connectivity index (χ1) is 20.8. The second kappa shape index (κ2) is 26.2. The molecule has 9 heteroatoms. The molecule has 0 radical (unpaired) electrons. The number of rotatable bonds is 27. The minimum absolute atomic E-state index is 0.188. The van der Waals surface area contributed by atoms with Gasteiger partial charge in [-0.05, 0) is 19.3 Å². The van der Waals surface area contributed by atoms with E-state index in [4.69, 9.17) is 9.47 Å². The summed E-state index contributed by atoms with van der Waals surface area (Å²) >= 11 is 0. The lowest BCUT2D eigenvalue weighted by Crippen LogP contribution is -2.60. The van der Waals surface area contributed by atoms with Crippen molar-refractivity contribution in [1.29, 1.82) is 0 Å². The number of hydrogen-bond acceptors (Lipinski definition) is 8. The van der Waals surface area contributed by atoms with Gasteiger partial charge in [0.2, 0.25) is 5.91 Å². The molecule has 0 saturated carbocycles. The van der Waals surface area contributed by atoms with Crippen LogP contribution in [0.1, 0.15) is 142 Å².